The monoisotopic (exact) mass is 159 g/mol. The highest BCUT2D eigenvalue weighted by Gasteiger charge is 2.12. The minimum absolute atomic E-state index is 1.02. The Hall–Kier alpha value is -1.24. The molecule has 0 heterocycles. The van der Waals surface area contributed by atoms with Gasteiger partial charge in [0.15, 0.2) is 0 Å². The van der Waals surface area contributed by atoms with Crippen LogP contribution in [0.25, 0.3) is 5.57 Å². The van der Waals surface area contributed by atoms with Crippen molar-refractivity contribution in [1.82, 2.24) is 0 Å². The molecule has 0 aromatic heterocycles. The highest BCUT2D eigenvalue weighted by Crippen LogP contribution is 2.27. The van der Waals surface area contributed by atoms with E-state index >= 15 is 0 Å². The minimum Gasteiger partial charge on any atom is -0.402 e. The van der Waals surface area contributed by atoms with E-state index in [1.165, 1.54) is 16.7 Å². The van der Waals surface area contributed by atoms with Gasteiger partial charge in [-0.2, -0.15) is 0 Å². The van der Waals surface area contributed by atoms with Crippen molar-refractivity contribution in [3.05, 3.63) is 41.1 Å². The molecule has 1 aromatic rings. The highest BCUT2D eigenvalue weighted by atomic mass is 14.6. The second-order valence-electron chi connectivity index (χ2n) is 3.31. The average molecular weight is 159 g/mol. The Bertz CT molecular complexity index is 337. The van der Waals surface area contributed by atoms with Crippen molar-refractivity contribution in [1.29, 1.82) is 0 Å². The molecule has 0 unspecified atom stereocenters. The normalized spacial score (nSPS) is 16.1. The van der Waals surface area contributed by atoms with Crippen LogP contribution in [-0.2, 0) is 6.42 Å². The zero-order valence-corrected chi connectivity index (χ0v) is 7.30. The summed E-state index contributed by atoms with van der Waals surface area (Å²) in [4.78, 5) is 0. The van der Waals surface area contributed by atoms with E-state index in [4.69, 9.17) is 5.73 Å². The predicted octanol–water partition coefficient (Wildman–Crippen LogP) is 2.32. The van der Waals surface area contributed by atoms with Crippen LogP contribution in [0.5, 0.6) is 0 Å². The number of rotatable bonds is 0. The highest BCUT2D eigenvalue weighted by molar-refractivity contribution is 5.70. The molecule has 0 atom stereocenters. The maximum absolute atomic E-state index is 5.87. The number of hydrogen-bond acceptors (Lipinski definition) is 1. The third kappa shape index (κ3) is 1.02. The zero-order chi connectivity index (χ0) is 8.55. The molecule has 12 heavy (non-hydrogen) atoms. The maximum atomic E-state index is 5.87. The third-order valence-electron chi connectivity index (χ3n) is 2.57. The molecule has 0 saturated carbocycles. The molecule has 0 amide bonds. The molecule has 0 saturated heterocycles. The van der Waals surface area contributed by atoms with Crippen LogP contribution in [0.2, 0.25) is 0 Å². The van der Waals surface area contributed by atoms with Crippen molar-refractivity contribution in [2.24, 2.45) is 5.73 Å². The second-order valence-corrected chi connectivity index (χ2v) is 3.31. The fraction of sp³-hybridized carbons (Fsp3) is 0.273. The van der Waals surface area contributed by atoms with Crippen LogP contribution in [0.15, 0.2) is 30.0 Å². The van der Waals surface area contributed by atoms with Gasteiger partial charge in [-0.05, 0) is 36.5 Å². The van der Waals surface area contributed by atoms with E-state index in [-0.39, 0.29) is 0 Å². The summed E-state index contributed by atoms with van der Waals surface area (Å²) in [6, 6.07) is 8.50. The van der Waals surface area contributed by atoms with Crippen molar-refractivity contribution in [2.75, 3.05) is 0 Å². The Labute approximate surface area is 72.9 Å². The lowest BCUT2D eigenvalue weighted by Gasteiger charge is -2.18. The SMILES string of the molecule is CC1=C(N)CCc2ccccc21. The Balaban J connectivity index is 2.59. The summed E-state index contributed by atoms with van der Waals surface area (Å²) in [6.07, 6.45) is 2.11. The summed E-state index contributed by atoms with van der Waals surface area (Å²) in [5.74, 6) is 0. The first-order valence-corrected chi connectivity index (χ1v) is 4.32. The Kier molecular flexibility index (Phi) is 1.65. The average Bonchev–Trinajstić information content (AvgIpc) is 2.12. The molecule has 0 aliphatic heterocycles. The van der Waals surface area contributed by atoms with Crippen LogP contribution in [0, 0.1) is 0 Å². The first-order chi connectivity index (χ1) is 5.79. The Morgan fingerprint density at radius 1 is 1.17 bits per heavy atom. The Morgan fingerprint density at radius 2 is 1.92 bits per heavy atom. The van der Waals surface area contributed by atoms with E-state index in [1.54, 1.807) is 0 Å². The van der Waals surface area contributed by atoms with Gasteiger partial charge in [0.2, 0.25) is 0 Å². The smallest absolute Gasteiger partial charge is 0.0120 e. The van der Waals surface area contributed by atoms with Gasteiger partial charge in [0, 0.05) is 5.70 Å². The summed E-state index contributed by atoms with van der Waals surface area (Å²) in [7, 11) is 0. The maximum Gasteiger partial charge on any atom is 0.0120 e. The van der Waals surface area contributed by atoms with Crippen molar-refractivity contribution >= 4 is 5.57 Å². The molecule has 0 bridgehead atoms. The lowest BCUT2D eigenvalue weighted by atomic mass is 9.90. The fourth-order valence-corrected chi connectivity index (χ4v) is 1.73. The van der Waals surface area contributed by atoms with Gasteiger partial charge in [0.25, 0.3) is 0 Å². The van der Waals surface area contributed by atoms with Crippen molar-refractivity contribution in [3.63, 3.8) is 0 Å². The molecule has 62 valence electrons. The van der Waals surface area contributed by atoms with Crippen LogP contribution >= 0.6 is 0 Å². The summed E-state index contributed by atoms with van der Waals surface area (Å²) in [5, 5.41) is 0. The first-order valence-electron chi connectivity index (χ1n) is 4.32. The van der Waals surface area contributed by atoms with Crippen LogP contribution in [-0.4, -0.2) is 0 Å². The number of benzene rings is 1. The second kappa shape index (κ2) is 2.67. The fourth-order valence-electron chi connectivity index (χ4n) is 1.73. The molecular weight excluding hydrogens is 146 g/mol. The van der Waals surface area contributed by atoms with E-state index in [9.17, 15) is 0 Å². The van der Waals surface area contributed by atoms with Crippen molar-refractivity contribution < 1.29 is 0 Å². The molecule has 1 heteroatoms. The molecule has 1 aliphatic carbocycles. The zero-order valence-electron chi connectivity index (χ0n) is 7.30. The van der Waals surface area contributed by atoms with E-state index < -0.39 is 0 Å². The summed E-state index contributed by atoms with van der Waals surface area (Å²) in [5.41, 5.74) is 11.0. The number of aryl methyl sites for hydroxylation is 1. The summed E-state index contributed by atoms with van der Waals surface area (Å²) >= 11 is 0. The van der Waals surface area contributed by atoms with Gasteiger partial charge in [0.1, 0.15) is 0 Å². The van der Waals surface area contributed by atoms with Crippen LogP contribution < -0.4 is 5.73 Å². The van der Waals surface area contributed by atoms with Crippen LogP contribution in [0.4, 0.5) is 0 Å². The molecule has 1 aliphatic rings. The minimum atomic E-state index is 1.02. The standard InChI is InChI=1S/C11H13N/c1-8-10-5-3-2-4-9(10)6-7-11(8)12/h2-5H,6-7,12H2,1H3. The van der Waals surface area contributed by atoms with E-state index in [1.807, 2.05) is 0 Å². The number of hydrogen-bond donors (Lipinski definition) is 1. The van der Waals surface area contributed by atoms with E-state index in [2.05, 4.69) is 31.2 Å². The van der Waals surface area contributed by atoms with Gasteiger partial charge >= 0.3 is 0 Å². The number of allylic oxidation sites excluding steroid dienone is 2. The van der Waals surface area contributed by atoms with Gasteiger partial charge < -0.3 is 5.73 Å². The molecule has 0 radical (unpaired) electrons. The summed E-state index contributed by atoms with van der Waals surface area (Å²) < 4.78 is 0. The molecule has 0 spiro atoms. The quantitative estimate of drug-likeness (QED) is 0.617. The number of nitrogens with two attached hydrogens (primary N) is 1. The third-order valence-corrected chi connectivity index (χ3v) is 2.57. The van der Waals surface area contributed by atoms with Gasteiger partial charge in [0.05, 0.1) is 0 Å². The van der Waals surface area contributed by atoms with Gasteiger partial charge in [-0.15, -0.1) is 0 Å². The van der Waals surface area contributed by atoms with Crippen molar-refractivity contribution in [2.45, 2.75) is 19.8 Å². The van der Waals surface area contributed by atoms with E-state index in [0.29, 0.717) is 0 Å². The largest absolute Gasteiger partial charge is 0.402 e. The van der Waals surface area contributed by atoms with Crippen molar-refractivity contribution in [3.8, 4) is 0 Å². The molecular formula is C11H13N. The van der Waals surface area contributed by atoms with Gasteiger partial charge in [-0.1, -0.05) is 24.3 Å². The number of fused-ring (bicyclic) bond motifs is 1. The van der Waals surface area contributed by atoms with Crippen LogP contribution in [0.1, 0.15) is 24.5 Å². The summed E-state index contributed by atoms with van der Waals surface area (Å²) in [6.45, 7) is 2.10. The molecule has 2 N–H and O–H groups in total. The van der Waals surface area contributed by atoms with Crippen LogP contribution in [0.3, 0.4) is 0 Å². The van der Waals surface area contributed by atoms with Gasteiger partial charge in [-0.25, -0.2) is 0 Å². The lowest BCUT2D eigenvalue weighted by Crippen LogP contribution is -2.09. The molecule has 1 nitrogen and oxygen atoms in total. The van der Waals surface area contributed by atoms with E-state index in [0.717, 1.165) is 18.5 Å². The lowest BCUT2D eigenvalue weighted by molar-refractivity contribution is 0.902. The predicted molar refractivity (Wildman–Crippen MR) is 51.5 cm³/mol. The topological polar surface area (TPSA) is 26.0 Å². The van der Waals surface area contributed by atoms with Gasteiger partial charge in [-0.3, -0.25) is 0 Å². The molecule has 0 fully saturated rings. The first kappa shape index (κ1) is 7.41. The molecule has 1 aromatic carbocycles. The molecule has 2 rings (SSSR count). The Morgan fingerprint density at radius 3 is 2.75 bits per heavy atom.